The number of Topliss-reactive ketones (excluding diaryl/α,β-unsaturated/α-hetero) is 1. The van der Waals surface area contributed by atoms with Crippen LogP contribution in [0.3, 0.4) is 0 Å². The number of alkyl halides is 1. The van der Waals surface area contributed by atoms with Crippen molar-refractivity contribution in [3.05, 3.63) is 36.0 Å². The Morgan fingerprint density at radius 1 is 1.07 bits per heavy atom. The number of hydrogen-bond donors (Lipinski definition) is 0. The highest BCUT2D eigenvalue weighted by atomic mass is 35.5. The Hall–Kier alpha value is -1.32. The second-order valence-corrected chi connectivity index (χ2v) is 7.59. The van der Waals surface area contributed by atoms with E-state index in [4.69, 9.17) is 0 Å². The van der Waals surface area contributed by atoms with Crippen molar-refractivity contribution in [1.82, 2.24) is 9.47 Å². The number of aromatic nitrogens is 1. The Bertz CT molecular complexity index is 702. The molecule has 1 aromatic carbocycles. The summed E-state index contributed by atoms with van der Waals surface area (Å²) in [6.07, 6.45) is 11.6. The molecule has 0 saturated carbocycles. The van der Waals surface area contributed by atoms with Gasteiger partial charge in [-0.15, -0.1) is 11.6 Å². The molecule has 0 amide bonds. The van der Waals surface area contributed by atoms with E-state index in [1.165, 1.54) is 63.6 Å². The molecule has 0 radical (unpaired) electrons. The quantitative estimate of drug-likeness (QED) is 0.338. The summed E-state index contributed by atoms with van der Waals surface area (Å²) in [5.41, 5.74) is 2.04. The van der Waals surface area contributed by atoms with Crippen LogP contribution in [-0.4, -0.2) is 41.3 Å². The molecule has 1 saturated heterocycles. The largest absolute Gasteiger partial charge is 0.347 e. The van der Waals surface area contributed by atoms with E-state index >= 15 is 0 Å². The van der Waals surface area contributed by atoms with Crippen LogP contribution in [0.4, 0.5) is 0 Å². The first-order valence-corrected chi connectivity index (χ1v) is 12.1. The Labute approximate surface area is 183 Å². The average Bonchev–Trinajstić information content (AvgIpc) is 3.15. The van der Waals surface area contributed by atoms with Gasteiger partial charge in [0.1, 0.15) is 0 Å². The highest BCUT2D eigenvalue weighted by Crippen LogP contribution is 2.24. The third-order valence-corrected chi connectivity index (χ3v) is 5.71. The summed E-state index contributed by atoms with van der Waals surface area (Å²) in [6, 6.07) is 8.26. The van der Waals surface area contributed by atoms with E-state index in [9.17, 15) is 4.79 Å². The zero-order chi connectivity index (χ0) is 21.6. The molecule has 0 spiro atoms. The van der Waals surface area contributed by atoms with Crippen LogP contribution in [0.15, 0.2) is 30.5 Å². The molecule has 0 N–H and O–H groups in total. The summed E-state index contributed by atoms with van der Waals surface area (Å²) in [7, 11) is 0. The number of unbranched alkanes of at least 4 members (excludes halogenated alkanes) is 1. The van der Waals surface area contributed by atoms with Gasteiger partial charge in [0, 0.05) is 35.6 Å². The molecular formula is C25H41ClN2O. The minimum absolute atomic E-state index is 0.157. The lowest BCUT2D eigenvalue weighted by molar-refractivity contribution is 0.101. The maximum Gasteiger partial charge on any atom is 0.161 e. The molecule has 1 fully saturated rings. The normalized spacial score (nSPS) is 14.7. The number of rotatable bonds is 8. The van der Waals surface area contributed by atoms with Gasteiger partial charge in [0.05, 0.1) is 0 Å². The smallest absolute Gasteiger partial charge is 0.161 e. The van der Waals surface area contributed by atoms with Gasteiger partial charge in [-0.25, -0.2) is 0 Å². The van der Waals surface area contributed by atoms with Gasteiger partial charge in [-0.3, -0.25) is 4.79 Å². The third-order valence-electron chi connectivity index (χ3n) is 5.71. The van der Waals surface area contributed by atoms with Crippen LogP contribution in [0, 0.1) is 5.92 Å². The first kappa shape index (κ1) is 25.7. The molecule has 3 rings (SSSR count). The number of nitrogens with zero attached hydrogens (tertiary/aromatic N) is 2. The predicted molar refractivity (Wildman–Crippen MR) is 128 cm³/mol. The van der Waals surface area contributed by atoms with Gasteiger partial charge < -0.3 is 9.47 Å². The number of benzene rings is 1. The van der Waals surface area contributed by atoms with Crippen LogP contribution < -0.4 is 0 Å². The third kappa shape index (κ3) is 7.79. The second-order valence-electron chi connectivity index (χ2n) is 7.59. The fourth-order valence-electron chi connectivity index (χ4n) is 4.17. The van der Waals surface area contributed by atoms with E-state index in [0.29, 0.717) is 0 Å². The fraction of sp³-hybridized carbons (Fsp3) is 0.640. The summed E-state index contributed by atoms with van der Waals surface area (Å²) in [6.45, 7) is 12.6. The molecule has 4 heteroatoms. The van der Waals surface area contributed by atoms with E-state index in [0.717, 1.165) is 29.8 Å². The fourth-order valence-corrected chi connectivity index (χ4v) is 4.17. The van der Waals surface area contributed by atoms with E-state index < -0.39 is 0 Å². The van der Waals surface area contributed by atoms with Crippen molar-refractivity contribution in [3.63, 3.8) is 0 Å². The van der Waals surface area contributed by atoms with Crippen LogP contribution in [0.5, 0.6) is 0 Å². The zero-order valence-corrected chi connectivity index (χ0v) is 20.0. The van der Waals surface area contributed by atoms with Crippen molar-refractivity contribution in [1.29, 1.82) is 0 Å². The number of fused-ring (bicyclic) bond motifs is 1. The first-order chi connectivity index (χ1) is 14.2. The number of carbonyl (C=O) groups excluding carboxylic acids is 1. The average molecular weight is 421 g/mol. The number of hydrogen-bond acceptors (Lipinski definition) is 2. The van der Waals surface area contributed by atoms with Crippen molar-refractivity contribution < 1.29 is 4.79 Å². The summed E-state index contributed by atoms with van der Waals surface area (Å²) in [5.74, 6) is 1.12. The number of ketones is 1. The molecule has 1 aliphatic heterocycles. The number of aryl methyl sites for hydroxylation is 1. The lowest BCUT2D eigenvalue weighted by atomic mass is 9.91. The molecule has 29 heavy (non-hydrogen) atoms. The molecule has 0 bridgehead atoms. The number of likely N-dealkylation sites (tertiary alicyclic amines) is 1. The molecule has 0 atom stereocenters. The standard InChI is InChI=1S/C22H32N2O.C2H6.CH3Cl/c1-3-4-8-19-11-15-23(16-12-19)13-7-14-24-17-21(18(2)25)20-9-5-6-10-22(20)24;2*1-2/h5-6,9-10,17,19H,3-4,7-8,11-16H2,1-2H3;1-2H3;1H3. The Morgan fingerprint density at radius 3 is 2.34 bits per heavy atom. The number of para-hydroxylation sites is 1. The Balaban J connectivity index is 0.000000989. The maximum atomic E-state index is 11.9. The Kier molecular flexibility index (Phi) is 13.0. The number of halogens is 1. The highest BCUT2D eigenvalue weighted by molar-refractivity contribution is 6.15. The number of carbonyl (C=O) groups is 1. The molecule has 2 heterocycles. The van der Waals surface area contributed by atoms with Crippen LogP contribution in [0.1, 0.15) is 76.6 Å². The zero-order valence-electron chi connectivity index (χ0n) is 19.2. The topological polar surface area (TPSA) is 25.2 Å². The van der Waals surface area contributed by atoms with Gasteiger partial charge in [0.15, 0.2) is 5.78 Å². The molecule has 2 aromatic rings. The van der Waals surface area contributed by atoms with E-state index in [1.54, 1.807) is 6.92 Å². The summed E-state index contributed by atoms with van der Waals surface area (Å²) < 4.78 is 2.26. The second kappa shape index (κ2) is 14.6. The summed E-state index contributed by atoms with van der Waals surface area (Å²) >= 11 is 4.64. The lowest BCUT2D eigenvalue weighted by Crippen LogP contribution is -2.34. The van der Waals surface area contributed by atoms with Crippen molar-refractivity contribution in [2.24, 2.45) is 5.92 Å². The van der Waals surface area contributed by atoms with Crippen LogP contribution in [0.25, 0.3) is 10.9 Å². The van der Waals surface area contributed by atoms with Gasteiger partial charge in [-0.05, 0) is 57.8 Å². The van der Waals surface area contributed by atoms with Crippen molar-refractivity contribution in [2.45, 2.75) is 72.8 Å². The van der Waals surface area contributed by atoms with Crippen molar-refractivity contribution in [2.75, 3.05) is 26.0 Å². The van der Waals surface area contributed by atoms with Crippen LogP contribution >= 0.6 is 11.6 Å². The molecule has 164 valence electrons. The van der Waals surface area contributed by atoms with E-state index in [-0.39, 0.29) is 5.78 Å². The van der Waals surface area contributed by atoms with Crippen molar-refractivity contribution in [3.8, 4) is 0 Å². The lowest BCUT2D eigenvalue weighted by Gasteiger charge is -2.32. The van der Waals surface area contributed by atoms with Crippen LogP contribution in [-0.2, 0) is 6.54 Å². The highest BCUT2D eigenvalue weighted by Gasteiger charge is 2.18. The molecule has 1 aliphatic rings. The van der Waals surface area contributed by atoms with Gasteiger partial charge in [0.25, 0.3) is 0 Å². The van der Waals surface area contributed by atoms with E-state index in [2.05, 4.69) is 46.2 Å². The van der Waals surface area contributed by atoms with Gasteiger partial charge in [0.2, 0.25) is 0 Å². The minimum Gasteiger partial charge on any atom is -0.347 e. The van der Waals surface area contributed by atoms with Crippen LogP contribution in [0.2, 0.25) is 0 Å². The molecule has 1 aromatic heterocycles. The van der Waals surface area contributed by atoms with Gasteiger partial charge in [-0.2, -0.15) is 0 Å². The predicted octanol–water partition coefficient (Wildman–Crippen LogP) is 7.02. The molecule has 3 nitrogen and oxygen atoms in total. The molecule has 0 unspecified atom stereocenters. The Morgan fingerprint density at radius 2 is 1.72 bits per heavy atom. The molecular weight excluding hydrogens is 380 g/mol. The number of piperidine rings is 1. The summed E-state index contributed by atoms with van der Waals surface area (Å²) in [5, 5.41) is 1.09. The van der Waals surface area contributed by atoms with Gasteiger partial charge >= 0.3 is 0 Å². The van der Waals surface area contributed by atoms with Gasteiger partial charge in [-0.1, -0.05) is 58.2 Å². The van der Waals surface area contributed by atoms with Crippen molar-refractivity contribution >= 4 is 28.3 Å². The SMILES string of the molecule is CC.CCCCC1CCN(CCCn2cc(C(C)=O)c3ccccc32)CC1.CCl. The minimum atomic E-state index is 0.157. The maximum absolute atomic E-state index is 11.9. The summed E-state index contributed by atoms with van der Waals surface area (Å²) in [4.78, 5) is 14.5. The molecule has 0 aliphatic carbocycles. The van der Waals surface area contributed by atoms with E-state index in [1.807, 2.05) is 26.1 Å². The monoisotopic (exact) mass is 420 g/mol. The first-order valence-electron chi connectivity index (χ1n) is 11.4.